The van der Waals surface area contributed by atoms with E-state index in [1.54, 1.807) is 36.4 Å². The highest BCUT2D eigenvalue weighted by Gasteiger charge is 2.20. The predicted molar refractivity (Wildman–Crippen MR) is 105 cm³/mol. The minimum Gasteiger partial charge on any atom is -0.481 e. The molecule has 0 spiro atoms. The maximum atomic E-state index is 12.1. The molecular formula is C20H19N5O3. The van der Waals surface area contributed by atoms with Crippen LogP contribution in [-0.4, -0.2) is 33.0 Å². The SMILES string of the molecule is N=C(N)c1ccc(-c2n[nH]c(-c3ccc(CCC(=O)O)cc3)c2C(N)=O)cc1. The average molecular weight is 377 g/mol. The maximum absolute atomic E-state index is 12.1. The molecule has 0 atom stereocenters. The van der Waals surface area contributed by atoms with Crippen LogP contribution in [0.5, 0.6) is 0 Å². The maximum Gasteiger partial charge on any atom is 0.303 e. The summed E-state index contributed by atoms with van der Waals surface area (Å²) in [7, 11) is 0. The van der Waals surface area contributed by atoms with Crippen molar-refractivity contribution in [1.82, 2.24) is 10.2 Å². The number of nitrogens with zero attached hydrogens (tertiary/aromatic N) is 1. The van der Waals surface area contributed by atoms with Gasteiger partial charge in [0.15, 0.2) is 0 Å². The molecule has 1 heterocycles. The molecule has 1 aromatic heterocycles. The van der Waals surface area contributed by atoms with Gasteiger partial charge in [-0.25, -0.2) is 0 Å². The van der Waals surface area contributed by atoms with Crippen LogP contribution >= 0.6 is 0 Å². The highest BCUT2D eigenvalue weighted by molar-refractivity contribution is 6.04. The number of nitrogen functional groups attached to an aromatic ring is 1. The monoisotopic (exact) mass is 377 g/mol. The summed E-state index contributed by atoms with van der Waals surface area (Å²) < 4.78 is 0. The van der Waals surface area contributed by atoms with Crippen molar-refractivity contribution in [3.8, 4) is 22.5 Å². The van der Waals surface area contributed by atoms with Crippen LogP contribution in [0.1, 0.15) is 27.9 Å². The number of aliphatic carboxylic acids is 1. The summed E-state index contributed by atoms with van der Waals surface area (Å²) >= 11 is 0. The Hall–Kier alpha value is -3.94. The first kappa shape index (κ1) is 18.8. The number of benzene rings is 2. The number of carbonyl (C=O) groups excluding carboxylic acids is 1. The van der Waals surface area contributed by atoms with Gasteiger partial charge in [0.05, 0.1) is 11.3 Å². The standard InChI is InChI=1S/C20H19N5O3/c21-19(22)14-8-6-13(7-9-14)18-16(20(23)28)17(24-25-18)12-4-1-11(2-5-12)3-10-15(26)27/h1-2,4-9H,3,10H2,(H3,21,22)(H2,23,28)(H,24,25)(H,26,27). The number of aromatic amines is 1. The lowest BCUT2D eigenvalue weighted by molar-refractivity contribution is -0.136. The van der Waals surface area contributed by atoms with Crippen molar-refractivity contribution in [2.75, 3.05) is 0 Å². The molecule has 142 valence electrons. The van der Waals surface area contributed by atoms with Gasteiger partial charge >= 0.3 is 5.97 Å². The molecule has 7 N–H and O–H groups in total. The fourth-order valence-electron chi connectivity index (χ4n) is 2.90. The van der Waals surface area contributed by atoms with Gasteiger partial charge in [0.1, 0.15) is 11.5 Å². The van der Waals surface area contributed by atoms with Gasteiger partial charge in [-0.2, -0.15) is 5.10 Å². The molecule has 0 aliphatic heterocycles. The van der Waals surface area contributed by atoms with Crippen LogP contribution < -0.4 is 11.5 Å². The molecule has 3 rings (SSSR count). The van der Waals surface area contributed by atoms with Crippen molar-refractivity contribution in [2.45, 2.75) is 12.8 Å². The molecule has 0 bridgehead atoms. The van der Waals surface area contributed by atoms with Gasteiger partial charge in [-0.1, -0.05) is 48.5 Å². The second-order valence-corrected chi connectivity index (χ2v) is 6.27. The Morgan fingerprint density at radius 1 is 1.00 bits per heavy atom. The fourth-order valence-corrected chi connectivity index (χ4v) is 2.90. The van der Waals surface area contributed by atoms with Crippen LogP contribution in [0.25, 0.3) is 22.5 Å². The summed E-state index contributed by atoms with van der Waals surface area (Å²) in [4.78, 5) is 22.8. The van der Waals surface area contributed by atoms with Crippen LogP contribution in [-0.2, 0) is 11.2 Å². The van der Waals surface area contributed by atoms with Gasteiger partial charge in [-0.3, -0.25) is 20.1 Å². The van der Waals surface area contributed by atoms with Crippen molar-refractivity contribution in [3.05, 3.63) is 65.2 Å². The summed E-state index contributed by atoms with van der Waals surface area (Å²) in [6, 6.07) is 14.0. The second-order valence-electron chi connectivity index (χ2n) is 6.27. The summed E-state index contributed by atoms with van der Waals surface area (Å²) in [6.45, 7) is 0. The number of primary amides is 1. The van der Waals surface area contributed by atoms with Crippen LogP contribution in [0, 0.1) is 5.41 Å². The van der Waals surface area contributed by atoms with E-state index in [0.717, 1.165) is 5.56 Å². The highest BCUT2D eigenvalue weighted by Crippen LogP contribution is 2.30. The van der Waals surface area contributed by atoms with Crippen molar-refractivity contribution >= 4 is 17.7 Å². The molecule has 0 saturated carbocycles. The van der Waals surface area contributed by atoms with Crippen molar-refractivity contribution in [3.63, 3.8) is 0 Å². The molecule has 1 amide bonds. The molecule has 0 fully saturated rings. The number of amides is 1. The van der Waals surface area contributed by atoms with Crippen LogP contribution in [0.4, 0.5) is 0 Å². The number of hydrogen-bond acceptors (Lipinski definition) is 4. The minimum absolute atomic E-state index is 0.0487. The molecule has 0 radical (unpaired) electrons. The van der Waals surface area contributed by atoms with Gasteiger partial charge in [-0.15, -0.1) is 0 Å². The van der Waals surface area contributed by atoms with Crippen molar-refractivity contribution in [2.24, 2.45) is 11.5 Å². The minimum atomic E-state index is -0.853. The molecule has 3 aromatic rings. The number of H-pyrrole nitrogens is 1. The number of nitrogens with one attached hydrogen (secondary N) is 2. The Balaban J connectivity index is 1.96. The van der Waals surface area contributed by atoms with Crippen LogP contribution in [0.15, 0.2) is 48.5 Å². The summed E-state index contributed by atoms with van der Waals surface area (Å²) in [6.07, 6.45) is 0.478. The van der Waals surface area contributed by atoms with Gasteiger partial charge in [0.2, 0.25) is 0 Å². The number of aromatic nitrogens is 2. The number of carboxylic acid groups (broad SMARTS) is 1. The Morgan fingerprint density at radius 2 is 1.61 bits per heavy atom. The Labute approximate surface area is 160 Å². The molecule has 0 unspecified atom stereocenters. The number of nitrogens with two attached hydrogens (primary N) is 2. The summed E-state index contributed by atoms with van der Waals surface area (Å²) in [5.74, 6) is -1.52. The lowest BCUT2D eigenvalue weighted by atomic mass is 9.99. The zero-order valence-electron chi connectivity index (χ0n) is 14.9. The summed E-state index contributed by atoms with van der Waals surface area (Å²) in [5.41, 5.74) is 15.1. The zero-order chi connectivity index (χ0) is 20.3. The van der Waals surface area contributed by atoms with E-state index in [2.05, 4.69) is 10.2 Å². The third kappa shape index (κ3) is 3.90. The van der Waals surface area contributed by atoms with E-state index >= 15 is 0 Å². The van der Waals surface area contributed by atoms with Gasteiger partial charge < -0.3 is 16.6 Å². The van der Waals surface area contributed by atoms with Gasteiger partial charge in [-0.05, 0) is 12.0 Å². The average Bonchev–Trinajstić information content (AvgIpc) is 3.12. The quantitative estimate of drug-likeness (QED) is 0.315. The largest absolute Gasteiger partial charge is 0.481 e. The number of aryl methyl sites for hydroxylation is 1. The first-order chi connectivity index (χ1) is 13.4. The third-order valence-corrected chi connectivity index (χ3v) is 4.35. The topological polar surface area (TPSA) is 159 Å². The molecule has 8 heteroatoms. The van der Waals surface area contributed by atoms with Crippen LogP contribution in [0.3, 0.4) is 0 Å². The number of amidine groups is 1. The second kappa shape index (κ2) is 7.75. The molecular weight excluding hydrogens is 358 g/mol. The first-order valence-corrected chi connectivity index (χ1v) is 8.51. The first-order valence-electron chi connectivity index (χ1n) is 8.51. The smallest absolute Gasteiger partial charge is 0.303 e. The van der Waals surface area contributed by atoms with E-state index in [0.29, 0.717) is 34.5 Å². The Morgan fingerprint density at radius 3 is 2.14 bits per heavy atom. The van der Waals surface area contributed by atoms with E-state index in [-0.39, 0.29) is 17.8 Å². The number of rotatable bonds is 7. The van der Waals surface area contributed by atoms with E-state index < -0.39 is 11.9 Å². The fraction of sp³-hybridized carbons (Fsp3) is 0.100. The normalized spacial score (nSPS) is 10.6. The van der Waals surface area contributed by atoms with Gasteiger partial charge in [0, 0.05) is 23.1 Å². The van der Waals surface area contributed by atoms with Crippen molar-refractivity contribution < 1.29 is 14.7 Å². The lowest BCUT2D eigenvalue weighted by Crippen LogP contribution is -2.13. The molecule has 0 aliphatic rings. The molecule has 2 aromatic carbocycles. The van der Waals surface area contributed by atoms with Crippen LogP contribution in [0.2, 0.25) is 0 Å². The molecule has 28 heavy (non-hydrogen) atoms. The Bertz CT molecular complexity index is 1040. The highest BCUT2D eigenvalue weighted by atomic mass is 16.4. The third-order valence-electron chi connectivity index (χ3n) is 4.35. The van der Waals surface area contributed by atoms with E-state index in [4.69, 9.17) is 22.0 Å². The summed E-state index contributed by atoms with van der Waals surface area (Å²) in [5, 5.41) is 23.4. The Kier molecular flexibility index (Phi) is 5.21. The van der Waals surface area contributed by atoms with E-state index in [1.165, 1.54) is 0 Å². The number of carboxylic acids is 1. The van der Waals surface area contributed by atoms with E-state index in [9.17, 15) is 9.59 Å². The van der Waals surface area contributed by atoms with E-state index in [1.807, 2.05) is 12.1 Å². The number of carbonyl (C=O) groups is 2. The van der Waals surface area contributed by atoms with Gasteiger partial charge in [0.25, 0.3) is 5.91 Å². The molecule has 0 saturated heterocycles. The zero-order valence-corrected chi connectivity index (χ0v) is 14.9. The number of hydrogen-bond donors (Lipinski definition) is 5. The molecule has 0 aliphatic carbocycles. The van der Waals surface area contributed by atoms with Crippen molar-refractivity contribution in [1.29, 1.82) is 5.41 Å². The lowest BCUT2D eigenvalue weighted by Gasteiger charge is -2.05. The molecule has 8 nitrogen and oxygen atoms in total. The predicted octanol–water partition coefficient (Wildman–Crippen LogP) is 2.14.